The fourth-order valence-electron chi connectivity index (χ4n) is 2.31. The molecule has 0 saturated carbocycles. The van der Waals surface area contributed by atoms with E-state index in [1.165, 1.54) is 4.88 Å². The van der Waals surface area contributed by atoms with Gasteiger partial charge in [-0.15, -0.1) is 35.3 Å². The molecule has 0 unspecified atom stereocenters. The van der Waals surface area contributed by atoms with Gasteiger partial charge in [0.2, 0.25) is 5.91 Å². The summed E-state index contributed by atoms with van der Waals surface area (Å²) in [6.07, 6.45) is 3.21. The highest BCUT2D eigenvalue weighted by molar-refractivity contribution is 14.0. The summed E-state index contributed by atoms with van der Waals surface area (Å²) in [5.41, 5.74) is 0. The van der Waals surface area contributed by atoms with Gasteiger partial charge in [-0.25, -0.2) is 4.99 Å². The van der Waals surface area contributed by atoms with Gasteiger partial charge in [-0.1, -0.05) is 6.07 Å². The minimum absolute atomic E-state index is 0. The van der Waals surface area contributed by atoms with Crippen LogP contribution in [0, 0.1) is 0 Å². The normalized spacial score (nSPS) is 14.6. The van der Waals surface area contributed by atoms with Gasteiger partial charge in [0, 0.05) is 31.1 Å². The average Bonchev–Trinajstić information content (AvgIpc) is 3.17. The van der Waals surface area contributed by atoms with Crippen molar-refractivity contribution in [1.82, 2.24) is 15.5 Å². The van der Waals surface area contributed by atoms with Crippen molar-refractivity contribution in [3.05, 3.63) is 22.4 Å². The first kappa shape index (κ1) is 19.2. The zero-order valence-corrected chi connectivity index (χ0v) is 16.2. The number of carbonyl (C=O) groups excluding carboxylic acids is 1. The van der Waals surface area contributed by atoms with Crippen LogP contribution in [0.2, 0.25) is 0 Å². The molecule has 5 nitrogen and oxygen atoms in total. The summed E-state index contributed by atoms with van der Waals surface area (Å²) >= 11 is 1.76. The molecular formula is C15H25IN4OS. The molecule has 2 N–H and O–H groups in total. The lowest BCUT2D eigenvalue weighted by atomic mass is 10.3. The Morgan fingerprint density at radius 1 is 1.36 bits per heavy atom. The van der Waals surface area contributed by atoms with E-state index in [1.54, 1.807) is 11.3 Å². The molecule has 22 heavy (non-hydrogen) atoms. The number of hydrogen-bond acceptors (Lipinski definition) is 3. The standard InChI is InChI=1S/C15H24N4OS.HI/c1-2-16-15(17-8-7-13-6-5-11-21-13)18-12-14(20)19-9-3-4-10-19;/h5-6,11H,2-4,7-10,12H2,1H3,(H2,16,17,18);1H. The summed E-state index contributed by atoms with van der Waals surface area (Å²) in [5, 5.41) is 8.55. The molecular weight excluding hydrogens is 411 g/mol. The number of halogens is 1. The number of hydrogen-bond donors (Lipinski definition) is 2. The lowest BCUT2D eigenvalue weighted by Gasteiger charge is -2.15. The van der Waals surface area contributed by atoms with Gasteiger partial charge in [0.25, 0.3) is 0 Å². The zero-order chi connectivity index (χ0) is 14.9. The van der Waals surface area contributed by atoms with Gasteiger partial charge >= 0.3 is 0 Å². The van der Waals surface area contributed by atoms with E-state index in [9.17, 15) is 4.79 Å². The lowest BCUT2D eigenvalue weighted by molar-refractivity contribution is -0.128. The van der Waals surface area contributed by atoms with Gasteiger partial charge < -0.3 is 15.5 Å². The van der Waals surface area contributed by atoms with Crippen LogP contribution in [0.3, 0.4) is 0 Å². The van der Waals surface area contributed by atoms with E-state index in [0.717, 1.165) is 51.4 Å². The van der Waals surface area contributed by atoms with Crippen molar-refractivity contribution in [3.63, 3.8) is 0 Å². The number of aliphatic imine (C=N–C) groups is 1. The number of nitrogens with one attached hydrogen (secondary N) is 2. The van der Waals surface area contributed by atoms with Crippen molar-refractivity contribution in [1.29, 1.82) is 0 Å². The van der Waals surface area contributed by atoms with Crippen molar-refractivity contribution in [2.45, 2.75) is 26.2 Å². The molecule has 2 rings (SSSR count). The Balaban J connectivity index is 0.00000242. The molecule has 1 aromatic rings. The topological polar surface area (TPSA) is 56.7 Å². The van der Waals surface area contributed by atoms with Crippen LogP contribution in [0.15, 0.2) is 22.5 Å². The fourth-order valence-corrected chi connectivity index (χ4v) is 3.02. The van der Waals surface area contributed by atoms with Crippen LogP contribution in [0.25, 0.3) is 0 Å². The number of guanidine groups is 1. The molecule has 0 aromatic carbocycles. The number of likely N-dealkylation sites (tertiary alicyclic amines) is 1. The fraction of sp³-hybridized carbons (Fsp3) is 0.600. The minimum Gasteiger partial charge on any atom is -0.357 e. The van der Waals surface area contributed by atoms with Crippen LogP contribution >= 0.6 is 35.3 Å². The van der Waals surface area contributed by atoms with Crippen molar-refractivity contribution in [3.8, 4) is 0 Å². The lowest BCUT2D eigenvalue weighted by Crippen LogP contribution is -2.39. The Labute approximate surface area is 153 Å². The second kappa shape index (κ2) is 10.8. The largest absolute Gasteiger partial charge is 0.357 e. The molecule has 0 aliphatic carbocycles. The van der Waals surface area contributed by atoms with E-state index in [-0.39, 0.29) is 36.4 Å². The molecule has 0 radical (unpaired) electrons. The maximum Gasteiger partial charge on any atom is 0.244 e. The van der Waals surface area contributed by atoms with Crippen molar-refractivity contribution < 1.29 is 4.79 Å². The molecule has 1 aliphatic heterocycles. The van der Waals surface area contributed by atoms with Gasteiger partial charge in [-0.2, -0.15) is 0 Å². The molecule has 1 aliphatic rings. The van der Waals surface area contributed by atoms with Crippen LogP contribution in [0.4, 0.5) is 0 Å². The molecule has 1 amide bonds. The average molecular weight is 436 g/mol. The first-order valence-corrected chi connectivity index (χ1v) is 8.50. The van der Waals surface area contributed by atoms with Crippen LogP contribution in [0.5, 0.6) is 0 Å². The Hall–Kier alpha value is -0.830. The quantitative estimate of drug-likeness (QED) is 0.408. The molecule has 2 heterocycles. The summed E-state index contributed by atoms with van der Waals surface area (Å²) in [4.78, 5) is 19.6. The molecule has 124 valence electrons. The van der Waals surface area contributed by atoms with Crippen LogP contribution in [-0.2, 0) is 11.2 Å². The first-order valence-electron chi connectivity index (χ1n) is 7.62. The molecule has 0 bridgehead atoms. The second-order valence-corrected chi connectivity index (χ2v) is 6.07. The van der Waals surface area contributed by atoms with Gasteiger partial charge in [-0.3, -0.25) is 4.79 Å². The van der Waals surface area contributed by atoms with Crippen LogP contribution in [0.1, 0.15) is 24.6 Å². The third-order valence-electron chi connectivity index (χ3n) is 3.42. The van der Waals surface area contributed by atoms with Crippen LogP contribution < -0.4 is 10.6 Å². The highest BCUT2D eigenvalue weighted by Gasteiger charge is 2.17. The SMILES string of the molecule is CCNC(=NCC(=O)N1CCCC1)NCCc1cccs1.I. The zero-order valence-electron chi connectivity index (χ0n) is 13.0. The number of amides is 1. The molecule has 1 saturated heterocycles. The van der Waals surface area contributed by atoms with Gasteiger partial charge in [0.1, 0.15) is 6.54 Å². The summed E-state index contributed by atoms with van der Waals surface area (Å²) in [6.45, 7) is 5.65. The van der Waals surface area contributed by atoms with Crippen molar-refractivity contribution in [2.24, 2.45) is 4.99 Å². The molecule has 0 atom stereocenters. The maximum atomic E-state index is 12.0. The van der Waals surface area contributed by atoms with Gasteiger partial charge in [0.15, 0.2) is 5.96 Å². The van der Waals surface area contributed by atoms with Crippen molar-refractivity contribution >= 4 is 47.2 Å². The van der Waals surface area contributed by atoms with Crippen molar-refractivity contribution in [2.75, 3.05) is 32.7 Å². The summed E-state index contributed by atoms with van der Waals surface area (Å²) in [5.74, 6) is 0.851. The Bertz CT molecular complexity index is 458. The summed E-state index contributed by atoms with van der Waals surface area (Å²) < 4.78 is 0. The number of nitrogens with zero attached hydrogens (tertiary/aromatic N) is 2. The summed E-state index contributed by atoms with van der Waals surface area (Å²) in [6, 6.07) is 4.20. The van der Waals surface area contributed by atoms with E-state index in [0.29, 0.717) is 0 Å². The van der Waals surface area contributed by atoms with E-state index in [1.807, 2.05) is 11.8 Å². The number of rotatable bonds is 6. The Kier molecular flexibility index (Phi) is 9.45. The Morgan fingerprint density at radius 3 is 2.77 bits per heavy atom. The van der Waals surface area contributed by atoms with Gasteiger partial charge in [0.05, 0.1) is 0 Å². The van der Waals surface area contributed by atoms with E-state index in [4.69, 9.17) is 0 Å². The maximum absolute atomic E-state index is 12.0. The minimum atomic E-state index is 0. The monoisotopic (exact) mass is 436 g/mol. The Morgan fingerprint density at radius 2 is 2.14 bits per heavy atom. The highest BCUT2D eigenvalue weighted by Crippen LogP contribution is 2.08. The molecule has 1 fully saturated rings. The summed E-state index contributed by atoms with van der Waals surface area (Å²) in [7, 11) is 0. The smallest absolute Gasteiger partial charge is 0.244 e. The molecule has 0 spiro atoms. The predicted molar refractivity (Wildman–Crippen MR) is 103 cm³/mol. The first-order chi connectivity index (χ1) is 10.3. The van der Waals surface area contributed by atoms with Crippen LogP contribution in [-0.4, -0.2) is 49.5 Å². The van der Waals surface area contributed by atoms with E-state index in [2.05, 4.69) is 33.1 Å². The highest BCUT2D eigenvalue weighted by atomic mass is 127. The molecule has 1 aromatic heterocycles. The molecule has 7 heteroatoms. The van der Waals surface area contributed by atoms with Gasteiger partial charge in [-0.05, 0) is 37.6 Å². The predicted octanol–water partition coefficient (Wildman–Crippen LogP) is 2.09. The van der Waals surface area contributed by atoms with E-state index < -0.39 is 0 Å². The number of carbonyl (C=O) groups is 1. The second-order valence-electron chi connectivity index (χ2n) is 5.04. The van der Waals surface area contributed by atoms with E-state index >= 15 is 0 Å². The number of thiophene rings is 1. The third kappa shape index (κ3) is 6.51. The third-order valence-corrected chi connectivity index (χ3v) is 4.36.